The van der Waals surface area contributed by atoms with Crippen molar-refractivity contribution in [2.75, 3.05) is 26.2 Å². The molecule has 0 amide bonds. The van der Waals surface area contributed by atoms with Gasteiger partial charge in [-0.1, -0.05) is 32.0 Å². The predicted octanol–water partition coefficient (Wildman–Crippen LogP) is 3.55. The van der Waals surface area contributed by atoms with Crippen LogP contribution in [0, 0.1) is 0 Å². The maximum atomic E-state index is 13.3. The summed E-state index contributed by atoms with van der Waals surface area (Å²) in [5, 5.41) is 2.06. The van der Waals surface area contributed by atoms with Gasteiger partial charge in [-0.25, -0.2) is 13.2 Å². The quantitative estimate of drug-likeness (QED) is 0.341. The van der Waals surface area contributed by atoms with E-state index in [-0.39, 0.29) is 16.1 Å². The van der Waals surface area contributed by atoms with E-state index >= 15 is 0 Å². The number of piperazine rings is 1. The first kappa shape index (κ1) is 26.6. The van der Waals surface area contributed by atoms with Gasteiger partial charge in [0.15, 0.2) is 0 Å². The molecule has 0 aliphatic carbocycles. The number of aromatic amines is 1. The molecule has 202 valence electrons. The Kier molecular flexibility index (Phi) is 7.71. The molecule has 0 atom stereocenters. The molecular formula is C27H33N5O4S2. The standard InChI is InChI=1S/C27H33N5O4S2/c1-3-11-31-24-18-23(28-25(24)26(33)32(12-4-2)27(31)34)20-7-9-22(10-8-20)38(35,36)30-15-13-29(14-16-30)19-21-6-5-17-37-21/h5-10,17-18,28H,3-4,11-16,19H2,1-2H3. The van der Waals surface area contributed by atoms with Crippen LogP contribution in [0.5, 0.6) is 0 Å². The molecule has 1 fully saturated rings. The third-order valence-corrected chi connectivity index (χ3v) is 9.77. The van der Waals surface area contributed by atoms with E-state index in [1.54, 1.807) is 50.5 Å². The van der Waals surface area contributed by atoms with Crippen LogP contribution in [-0.2, 0) is 29.7 Å². The summed E-state index contributed by atoms with van der Waals surface area (Å²) < 4.78 is 31.1. The average Bonchev–Trinajstić information content (AvgIpc) is 3.60. The molecule has 1 aliphatic rings. The molecular weight excluding hydrogens is 522 g/mol. The second-order valence-electron chi connectivity index (χ2n) is 9.62. The zero-order valence-electron chi connectivity index (χ0n) is 21.7. The summed E-state index contributed by atoms with van der Waals surface area (Å²) in [6.07, 6.45) is 1.44. The summed E-state index contributed by atoms with van der Waals surface area (Å²) >= 11 is 1.72. The maximum Gasteiger partial charge on any atom is 0.331 e. The molecule has 0 unspecified atom stereocenters. The van der Waals surface area contributed by atoms with Gasteiger partial charge in [-0.05, 0) is 48.1 Å². The van der Waals surface area contributed by atoms with Crippen LogP contribution in [0.3, 0.4) is 0 Å². The summed E-state index contributed by atoms with van der Waals surface area (Å²) in [7, 11) is -3.61. The van der Waals surface area contributed by atoms with Crippen molar-refractivity contribution < 1.29 is 8.42 Å². The fraction of sp³-hybridized carbons (Fsp3) is 0.407. The SMILES string of the molecule is CCCn1c(=O)c2[nH]c(-c3ccc(S(=O)(=O)N4CCN(Cc5cccs5)CC4)cc3)cc2n(CCC)c1=O. The van der Waals surface area contributed by atoms with Gasteiger partial charge in [-0.2, -0.15) is 4.31 Å². The van der Waals surface area contributed by atoms with Crippen molar-refractivity contribution in [1.82, 2.24) is 23.3 Å². The van der Waals surface area contributed by atoms with Crippen molar-refractivity contribution in [3.63, 3.8) is 0 Å². The first-order chi connectivity index (χ1) is 18.3. The van der Waals surface area contributed by atoms with Crippen molar-refractivity contribution in [2.24, 2.45) is 0 Å². The lowest BCUT2D eigenvalue weighted by Gasteiger charge is -2.33. The van der Waals surface area contributed by atoms with Crippen LogP contribution in [0.2, 0.25) is 0 Å². The summed E-state index contributed by atoms with van der Waals surface area (Å²) in [4.78, 5) is 33.0. The first-order valence-corrected chi connectivity index (χ1v) is 15.4. The molecule has 1 aliphatic heterocycles. The maximum absolute atomic E-state index is 13.3. The molecule has 38 heavy (non-hydrogen) atoms. The van der Waals surface area contributed by atoms with Crippen LogP contribution >= 0.6 is 11.3 Å². The van der Waals surface area contributed by atoms with E-state index in [0.717, 1.165) is 18.5 Å². The molecule has 1 aromatic carbocycles. The molecule has 0 bridgehead atoms. The molecule has 0 saturated carbocycles. The van der Waals surface area contributed by atoms with Crippen LogP contribution in [0.25, 0.3) is 22.3 Å². The van der Waals surface area contributed by atoms with Crippen molar-refractivity contribution in [2.45, 2.75) is 51.2 Å². The van der Waals surface area contributed by atoms with Gasteiger partial charge in [0.05, 0.1) is 10.4 Å². The van der Waals surface area contributed by atoms with Crippen molar-refractivity contribution in [3.8, 4) is 11.3 Å². The van der Waals surface area contributed by atoms with E-state index in [0.29, 0.717) is 62.4 Å². The highest BCUT2D eigenvalue weighted by Gasteiger charge is 2.28. The zero-order valence-corrected chi connectivity index (χ0v) is 23.4. The minimum atomic E-state index is -3.61. The number of aromatic nitrogens is 3. The number of hydrogen-bond donors (Lipinski definition) is 1. The Morgan fingerprint density at radius 2 is 1.61 bits per heavy atom. The molecule has 3 aromatic heterocycles. The van der Waals surface area contributed by atoms with Gasteiger partial charge in [0.1, 0.15) is 5.52 Å². The van der Waals surface area contributed by atoms with E-state index in [9.17, 15) is 18.0 Å². The molecule has 5 rings (SSSR count). The van der Waals surface area contributed by atoms with Gasteiger partial charge >= 0.3 is 5.69 Å². The molecule has 1 N–H and O–H groups in total. The number of aryl methyl sites for hydroxylation is 1. The van der Waals surface area contributed by atoms with Crippen molar-refractivity contribution in [3.05, 3.63) is 73.6 Å². The number of thiophene rings is 1. The highest BCUT2D eigenvalue weighted by atomic mass is 32.2. The minimum absolute atomic E-state index is 0.247. The monoisotopic (exact) mass is 555 g/mol. The lowest BCUT2D eigenvalue weighted by molar-refractivity contribution is 0.183. The molecule has 1 saturated heterocycles. The normalized spacial score (nSPS) is 15.4. The molecule has 4 heterocycles. The predicted molar refractivity (Wildman–Crippen MR) is 151 cm³/mol. The molecule has 0 spiro atoms. The Bertz CT molecular complexity index is 1630. The van der Waals surface area contributed by atoms with E-state index < -0.39 is 10.0 Å². The van der Waals surface area contributed by atoms with E-state index in [1.165, 1.54) is 9.44 Å². The minimum Gasteiger partial charge on any atom is -0.349 e. The van der Waals surface area contributed by atoms with Crippen LogP contribution in [-0.4, -0.2) is 57.9 Å². The van der Waals surface area contributed by atoms with Gasteiger partial charge in [-0.15, -0.1) is 11.3 Å². The lowest BCUT2D eigenvalue weighted by atomic mass is 10.1. The number of benzene rings is 1. The second kappa shape index (κ2) is 11.0. The topological polar surface area (TPSA) is 100 Å². The number of fused-ring (bicyclic) bond motifs is 1. The Hall–Kier alpha value is -2.99. The second-order valence-corrected chi connectivity index (χ2v) is 12.6. The number of H-pyrrole nitrogens is 1. The number of hydrogen-bond acceptors (Lipinski definition) is 6. The fourth-order valence-electron chi connectivity index (χ4n) is 5.01. The molecule has 9 nitrogen and oxygen atoms in total. The third-order valence-electron chi connectivity index (χ3n) is 7.00. The average molecular weight is 556 g/mol. The zero-order chi connectivity index (χ0) is 26.9. The Morgan fingerprint density at radius 1 is 0.921 bits per heavy atom. The Morgan fingerprint density at radius 3 is 2.24 bits per heavy atom. The van der Waals surface area contributed by atoms with Gasteiger partial charge in [-0.3, -0.25) is 18.8 Å². The van der Waals surface area contributed by atoms with Gasteiger partial charge < -0.3 is 4.98 Å². The van der Waals surface area contributed by atoms with Crippen molar-refractivity contribution in [1.29, 1.82) is 0 Å². The van der Waals surface area contributed by atoms with Crippen LogP contribution in [0.1, 0.15) is 31.6 Å². The molecule has 4 aromatic rings. The first-order valence-electron chi connectivity index (χ1n) is 13.0. The largest absolute Gasteiger partial charge is 0.349 e. The van der Waals surface area contributed by atoms with Crippen LogP contribution < -0.4 is 11.2 Å². The number of sulfonamides is 1. The highest BCUT2D eigenvalue weighted by Crippen LogP contribution is 2.26. The highest BCUT2D eigenvalue weighted by molar-refractivity contribution is 7.89. The molecule has 11 heteroatoms. The van der Waals surface area contributed by atoms with Crippen molar-refractivity contribution >= 4 is 32.4 Å². The summed E-state index contributed by atoms with van der Waals surface area (Å²) in [5.74, 6) is 0. The van der Waals surface area contributed by atoms with E-state index in [2.05, 4.69) is 21.3 Å². The Balaban J connectivity index is 1.38. The van der Waals surface area contributed by atoms with E-state index in [1.807, 2.05) is 19.9 Å². The van der Waals surface area contributed by atoms with Gasteiger partial charge in [0, 0.05) is 56.4 Å². The Labute approximate surface area is 226 Å². The number of nitrogens with zero attached hydrogens (tertiary/aromatic N) is 4. The number of nitrogens with one attached hydrogen (secondary N) is 1. The summed E-state index contributed by atoms with van der Waals surface area (Å²) in [6.45, 7) is 7.94. The smallest absolute Gasteiger partial charge is 0.331 e. The van der Waals surface area contributed by atoms with Crippen LogP contribution in [0.4, 0.5) is 0 Å². The van der Waals surface area contributed by atoms with Gasteiger partial charge in [0.25, 0.3) is 5.56 Å². The van der Waals surface area contributed by atoms with Gasteiger partial charge in [0.2, 0.25) is 10.0 Å². The number of rotatable bonds is 9. The lowest BCUT2D eigenvalue weighted by Crippen LogP contribution is -2.48. The van der Waals surface area contributed by atoms with Crippen LogP contribution in [0.15, 0.2) is 62.3 Å². The molecule has 0 radical (unpaired) electrons. The van der Waals surface area contributed by atoms with E-state index in [4.69, 9.17) is 0 Å². The fourth-order valence-corrected chi connectivity index (χ4v) is 7.18. The summed E-state index contributed by atoms with van der Waals surface area (Å²) in [5.41, 5.74) is 1.75. The third kappa shape index (κ3) is 5.03. The summed E-state index contributed by atoms with van der Waals surface area (Å²) in [6, 6.07) is 12.7.